The molecule has 0 aromatic heterocycles. The molecule has 3 aromatic carbocycles. The Morgan fingerprint density at radius 3 is 2.23 bits per heavy atom. The Balaban J connectivity index is 1.45. The average Bonchev–Trinajstić information content (AvgIpc) is 2.91. The van der Waals surface area contributed by atoms with Crippen LogP contribution in [0.25, 0.3) is 0 Å². The Hall–Kier alpha value is -3.28. The van der Waals surface area contributed by atoms with Crippen molar-refractivity contribution in [1.82, 2.24) is 4.72 Å². The molecule has 1 fully saturated rings. The molecule has 1 saturated carbocycles. The van der Waals surface area contributed by atoms with Gasteiger partial charge in [0, 0.05) is 12.6 Å². The molecule has 39 heavy (non-hydrogen) atoms. The first-order valence-corrected chi connectivity index (χ1v) is 14.4. The van der Waals surface area contributed by atoms with Crippen LogP contribution >= 0.6 is 0 Å². The van der Waals surface area contributed by atoms with Gasteiger partial charge in [-0.15, -0.1) is 13.2 Å². The highest BCUT2D eigenvalue weighted by atomic mass is 32.2. The van der Waals surface area contributed by atoms with Crippen LogP contribution in [0.5, 0.6) is 17.2 Å². The first-order chi connectivity index (χ1) is 18.7. The lowest BCUT2D eigenvalue weighted by Crippen LogP contribution is -2.56. The summed E-state index contributed by atoms with van der Waals surface area (Å²) in [5, 5.41) is 11.7. The summed E-state index contributed by atoms with van der Waals surface area (Å²) in [5.41, 5.74) is 1.66. The summed E-state index contributed by atoms with van der Waals surface area (Å²) < 4.78 is 69.6. The van der Waals surface area contributed by atoms with Gasteiger partial charge in [0.05, 0.1) is 28.4 Å². The number of fused-ring (bicyclic) bond motifs is 2. The standard InChI is InChI=1S/C28H30F3N3O4S/c1-2-18-32-39(36,20-16-14-19(15-17-20)38-28(29,30)31)33-21-8-7-11-24(27(21)35)34-22-9-3-5-12-25(22)37-26-13-6-4-10-23(26)34/h3-6,9-10,12-17,21,24,27,35H,2,7-8,11,18H2,1H3,(H,32,33,36)/t21-,24-,27+,39?/m1/s1. The number of hydrogen-bond acceptors (Lipinski definition) is 6. The van der Waals surface area contributed by atoms with Gasteiger partial charge in [0.1, 0.15) is 15.7 Å². The highest BCUT2D eigenvalue weighted by Crippen LogP contribution is 2.49. The fraction of sp³-hybridized carbons (Fsp3) is 0.357. The van der Waals surface area contributed by atoms with Crippen molar-refractivity contribution in [3.8, 4) is 17.2 Å². The number of halogens is 3. The van der Waals surface area contributed by atoms with E-state index in [-0.39, 0.29) is 17.5 Å². The van der Waals surface area contributed by atoms with Gasteiger partial charge in [0.2, 0.25) is 0 Å². The summed E-state index contributed by atoms with van der Waals surface area (Å²) in [7, 11) is -3.26. The molecule has 0 saturated heterocycles. The average molecular weight is 562 g/mol. The summed E-state index contributed by atoms with van der Waals surface area (Å²) in [4.78, 5) is 2.31. The van der Waals surface area contributed by atoms with Gasteiger partial charge < -0.3 is 19.5 Å². The number of anilines is 2. The molecule has 5 rings (SSSR count). The number of nitrogens with one attached hydrogen (secondary N) is 1. The molecule has 0 spiro atoms. The van der Waals surface area contributed by atoms with Gasteiger partial charge in [0.15, 0.2) is 11.5 Å². The molecule has 208 valence electrons. The topological polar surface area (TPSA) is 83.4 Å². The molecule has 3 aromatic rings. The van der Waals surface area contributed by atoms with E-state index >= 15 is 0 Å². The van der Waals surface area contributed by atoms with Gasteiger partial charge in [-0.05, 0) is 74.2 Å². The molecule has 1 aliphatic carbocycles. The molecule has 4 atom stereocenters. The van der Waals surface area contributed by atoms with Crippen LogP contribution in [0.2, 0.25) is 0 Å². The van der Waals surface area contributed by atoms with Crippen LogP contribution in [0.1, 0.15) is 32.6 Å². The number of ether oxygens (including phenoxy) is 2. The number of aliphatic hydroxyl groups excluding tert-OH is 1. The first-order valence-electron chi connectivity index (χ1n) is 12.9. The summed E-state index contributed by atoms with van der Waals surface area (Å²) in [6.07, 6.45) is -3.12. The minimum Gasteiger partial charge on any atom is -0.453 e. The maximum atomic E-state index is 14.2. The summed E-state index contributed by atoms with van der Waals surface area (Å²) in [6, 6.07) is 19.2. The van der Waals surface area contributed by atoms with Crippen LogP contribution in [0.15, 0.2) is 82.1 Å². The zero-order valence-corrected chi connectivity index (χ0v) is 22.1. The van der Waals surface area contributed by atoms with E-state index in [1.807, 2.05) is 55.5 Å². The van der Waals surface area contributed by atoms with Crippen LogP contribution < -0.4 is 19.1 Å². The summed E-state index contributed by atoms with van der Waals surface area (Å²) >= 11 is 0. The van der Waals surface area contributed by atoms with Crippen molar-refractivity contribution in [3.63, 3.8) is 0 Å². The predicted molar refractivity (Wildman–Crippen MR) is 143 cm³/mol. The van der Waals surface area contributed by atoms with Crippen LogP contribution in [-0.4, -0.2) is 40.4 Å². The van der Waals surface area contributed by atoms with E-state index < -0.39 is 34.2 Å². The van der Waals surface area contributed by atoms with Crippen LogP contribution in [0, 0.1) is 0 Å². The van der Waals surface area contributed by atoms with Gasteiger partial charge in [-0.2, -0.15) is 0 Å². The second-order valence-corrected chi connectivity index (χ2v) is 11.5. The molecule has 11 heteroatoms. The SMILES string of the molecule is CCCN=S(=O)(N[C@@H]1CCC[C@@H](N2c3ccccc3Oc3ccccc32)[C@H]1O)c1ccc(OC(F)(F)F)cc1. The van der Waals surface area contributed by atoms with E-state index in [9.17, 15) is 22.5 Å². The number of alkyl halides is 3. The zero-order valence-electron chi connectivity index (χ0n) is 21.3. The third-order valence-electron chi connectivity index (χ3n) is 6.81. The van der Waals surface area contributed by atoms with E-state index in [1.54, 1.807) is 0 Å². The minimum atomic E-state index is -4.83. The lowest BCUT2D eigenvalue weighted by Gasteiger charge is -2.45. The van der Waals surface area contributed by atoms with Crippen molar-refractivity contribution in [2.75, 3.05) is 11.4 Å². The molecule has 0 radical (unpaired) electrons. The lowest BCUT2D eigenvalue weighted by molar-refractivity contribution is -0.274. The van der Waals surface area contributed by atoms with Crippen LogP contribution in [-0.2, 0) is 9.92 Å². The Morgan fingerprint density at radius 2 is 1.64 bits per heavy atom. The molecular weight excluding hydrogens is 531 g/mol. The molecule has 1 unspecified atom stereocenters. The lowest BCUT2D eigenvalue weighted by atomic mass is 9.86. The molecule has 2 aliphatic rings. The van der Waals surface area contributed by atoms with Gasteiger partial charge in [-0.25, -0.2) is 13.3 Å². The number of hydrogen-bond donors (Lipinski definition) is 2. The van der Waals surface area contributed by atoms with E-state index in [2.05, 4.69) is 18.7 Å². The maximum absolute atomic E-state index is 14.2. The van der Waals surface area contributed by atoms with Gasteiger partial charge in [0.25, 0.3) is 0 Å². The summed E-state index contributed by atoms with van der Waals surface area (Å²) in [6.45, 7) is 2.17. The third kappa shape index (κ3) is 5.85. The molecule has 2 N–H and O–H groups in total. The zero-order chi connectivity index (χ0) is 27.6. The maximum Gasteiger partial charge on any atom is 0.573 e. The first kappa shape index (κ1) is 27.3. The smallest absolute Gasteiger partial charge is 0.453 e. The largest absolute Gasteiger partial charge is 0.573 e. The van der Waals surface area contributed by atoms with Gasteiger partial charge in [-0.1, -0.05) is 31.2 Å². The van der Waals surface area contributed by atoms with Gasteiger partial charge >= 0.3 is 6.36 Å². The second kappa shape index (κ2) is 11.1. The monoisotopic (exact) mass is 561 g/mol. The number of nitrogens with zero attached hydrogens (tertiary/aromatic N) is 2. The predicted octanol–water partition coefficient (Wildman–Crippen LogP) is 6.55. The highest BCUT2D eigenvalue weighted by Gasteiger charge is 2.41. The second-order valence-electron chi connectivity index (χ2n) is 9.52. The van der Waals surface area contributed by atoms with E-state index in [0.717, 1.165) is 29.9 Å². The fourth-order valence-electron chi connectivity index (χ4n) is 5.09. The molecular formula is C28H30F3N3O4S. The fourth-order valence-corrected chi connectivity index (χ4v) is 7.06. The van der Waals surface area contributed by atoms with Crippen LogP contribution in [0.4, 0.5) is 24.5 Å². The quantitative estimate of drug-likeness (QED) is 0.342. The van der Waals surface area contributed by atoms with E-state index in [0.29, 0.717) is 30.8 Å². The molecule has 1 aliphatic heterocycles. The summed E-state index contributed by atoms with van der Waals surface area (Å²) in [5.74, 6) is 0.952. The normalized spacial score (nSPS) is 22.2. The molecule has 0 amide bonds. The van der Waals surface area contributed by atoms with Crippen molar-refractivity contribution < 1.29 is 32.0 Å². The van der Waals surface area contributed by atoms with E-state index in [4.69, 9.17) is 4.74 Å². The Kier molecular flexibility index (Phi) is 7.75. The van der Waals surface area contributed by atoms with E-state index in [1.165, 1.54) is 12.1 Å². The number of benzene rings is 3. The molecule has 7 nitrogen and oxygen atoms in total. The Bertz CT molecular complexity index is 1380. The highest BCUT2D eigenvalue weighted by molar-refractivity contribution is 7.91. The number of rotatable bonds is 7. The number of para-hydroxylation sites is 4. The minimum absolute atomic E-state index is 0.224. The number of aliphatic hydroxyl groups is 1. The van der Waals surface area contributed by atoms with Crippen molar-refractivity contribution in [2.24, 2.45) is 4.36 Å². The molecule has 1 heterocycles. The molecule has 0 bridgehead atoms. The van der Waals surface area contributed by atoms with Crippen LogP contribution in [0.3, 0.4) is 0 Å². The van der Waals surface area contributed by atoms with Crippen molar-refractivity contribution in [1.29, 1.82) is 0 Å². The Morgan fingerprint density at radius 1 is 1.03 bits per heavy atom. The van der Waals surface area contributed by atoms with Gasteiger partial charge in [-0.3, -0.25) is 0 Å². The van der Waals surface area contributed by atoms with Crippen molar-refractivity contribution >= 4 is 21.3 Å². The third-order valence-corrected chi connectivity index (χ3v) is 8.89. The Labute approximate surface area is 225 Å². The van der Waals surface area contributed by atoms with Crippen molar-refractivity contribution in [2.45, 2.75) is 62.1 Å². The van der Waals surface area contributed by atoms with Crippen molar-refractivity contribution in [3.05, 3.63) is 72.8 Å².